The Morgan fingerprint density at radius 2 is 2.17 bits per heavy atom. The van der Waals surface area contributed by atoms with Crippen molar-refractivity contribution >= 4 is 35.4 Å². The Morgan fingerprint density at radius 1 is 1.38 bits per heavy atom. The Morgan fingerprint density at radius 3 is 2.83 bits per heavy atom. The topological polar surface area (TPSA) is 93.7 Å². The molecule has 0 aromatic carbocycles. The van der Waals surface area contributed by atoms with Crippen molar-refractivity contribution in [2.75, 3.05) is 13.2 Å². The van der Waals surface area contributed by atoms with E-state index in [1.54, 1.807) is 19.9 Å². The van der Waals surface area contributed by atoms with E-state index in [1.807, 2.05) is 17.5 Å². The van der Waals surface area contributed by atoms with Crippen LogP contribution in [0, 0.1) is 0 Å². The molecule has 128 valence electrons. The molecule has 8 heteroatoms. The molecule has 1 aliphatic rings. The molecule has 7 nitrogen and oxygen atoms in total. The summed E-state index contributed by atoms with van der Waals surface area (Å²) < 4.78 is 10.1. The van der Waals surface area contributed by atoms with E-state index in [0.29, 0.717) is 0 Å². The van der Waals surface area contributed by atoms with Crippen LogP contribution in [0.3, 0.4) is 0 Å². The average molecular weight is 350 g/mol. The lowest BCUT2D eigenvalue weighted by molar-refractivity contribution is -0.140. The van der Waals surface area contributed by atoms with Crippen LogP contribution in [0.25, 0.3) is 6.08 Å². The van der Waals surface area contributed by atoms with Gasteiger partial charge in [0.2, 0.25) is 0 Å². The molecule has 0 saturated carbocycles. The number of carbonyl (C=O) groups is 3. The van der Waals surface area contributed by atoms with Crippen LogP contribution in [0.5, 0.6) is 0 Å². The number of hydrogen-bond donors (Lipinski definition) is 2. The number of urea groups is 1. The zero-order valence-corrected chi connectivity index (χ0v) is 14.1. The van der Waals surface area contributed by atoms with Crippen molar-refractivity contribution < 1.29 is 23.9 Å². The van der Waals surface area contributed by atoms with Crippen molar-refractivity contribution in [3.05, 3.63) is 39.7 Å². The fourth-order valence-corrected chi connectivity index (χ4v) is 2.74. The van der Waals surface area contributed by atoms with Crippen LogP contribution in [-0.4, -0.2) is 37.2 Å². The van der Waals surface area contributed by atoms with Crippen LogP contribution in [0.15, 0.2) is 34.9 Å². The van der Waals surface area contributed by atoms with E-state index in [1.165, 1.54) is 17.4 Å². The van der Waals surface area contributed by atoms with E-state index in [4.69, 9.17) is 9.47 Å². The van der Waals surface area contributed by atoms with Gasteiger partial charge in [-0.3, -0.25) is 0 Å². The van der Waals surface area contributed by atoms with Crippen LogP contribution >= 0.6 is 11.3 Å². The summed E-state index contributed by atoms with van der Waals surface area (Å²) >= 11 is 1.49. The molecule has 1 aromatic rings. The highest BCUT2D eigenvalue weighted by Crippen LogP contribution is 2.15. The van der Waals surface area contributed by atoms with Crippen LogP contribution < -0.4 is 10.6 Å². The maximum Gasteiger partial charge on any atom is 0.338 e. The van der Waals surface area contributed by atoms with Gasteiger partial charge in [0, 0.05) is 11.0 Å². The summed E-state index contributed by atoms with van der Waals surface area (Å²) in [5.41, 5.74) is 0.467. The Balaban J connectivity index is 2.05. The third kappa shape index (κ3) is 4.69. The molecule has 2 rings (SSSR count). The number of amides is 2. The van der Waals surface area contributed by atoms with Gasteiger partial charge in [0.15, 0.2) is 0 Å². The lowest BCUT2D eigenvalue weighted by Crippen LogP contribution is -2.50. The number of thiophene rings is 1. The van der Waals surface area contributed by atoms with Crippen LogP contribution in [0.2, 0.25) is 0 Å². The maximum absolute atomic E-state index is 12.0. The van der Waals surface area contributed by atoms with Gasteiger partial charge in [0.05, 0.1) is 23.9 Å². The normalized spacial score (nSPS) is 17.4. The smallest absolute Gasteiger partial charge is 0.338 e. The first-order valence-corrected chi connectivity index (χ1v) is 8.25. The highest BCUT2D eigenvalue weighted by atomic mass is 32.1. The third-order valence-electron chi connectivity index (χ3n) is 3.15. The number of carbonyl (C=O) groups excluding carboxylic acids is 3. The quantitative estimate of drug-likeness (QED) is 0.603. The molecule has 1 atom stereocenters. The molecule has 0 aliphatic carbocycles. The molecule has 1 aliphatic heterocycles. The van der Waals surface area contributed by atoms with E-state index < -0.39 is 24.0 Å². The van der Waals surface area contributed by atoms with Crippen molar-refractivity contribution in [1.82, 2.24) is 10.6 Å². The minimum absolute atomic E-state index is 0.208. The van der Waals surface area contributed by atoms with Gasteiger partial charge in [-0.15, -0.1) is 11.3 Å². The SMILES string of the molecule is CCOC(=O)C1=C(COC(=O)/C=C/c2cccs2)NC(=O)N[C@H]1C. The zero-order chi connectivity index (χ0) is 17.5. The molecule has 0 radical (unpaired) electrons. The largest absolute Gasteiger partial charge is 0.463 e. The van der Waals surface area contributed by atoms with Gasteiger partial charge in [-0.1, -0.05) is 6.07 Å². The van der Waals surface area contributed by atoms with Crippen LogP contribution in [0.4, 0.5) is 4.79 Å². The van der Waals surface area contributed by atoms with Crippen molar-refractivity contribution in [3.63, 3.8) is 0 Å². The second-order valence-electron chi connectivity index (χ2n) is 4.89. The van der Waals surface area contributed by atoms with Crippen LogP contribution in [-0.2, 0) is 19.1 Å². The molecule has 2 amide bonds. The van der Waals surface area contributed by atoms with Crippen molar-refractivity contribution in [1.29, 1.82) is 0 Å². The predicted molar refractivity (Wildman–Crippen MR) is 89.1 cm³/mol. The van der Waals surface area contributed by atoms with Crippen molar-refractivity contribution in [2.24, 2.45) is 0 Å². The average Bonchev–Trinajstić information content (AvgIpc) is 3.03. The van der Waals surface area contributed by atoms with E-state index in [-0.39, 0.29) is 24.5 Å². The van der Waals surface area contributed by atoms with Gasteiger partial charge in [-0.05, 0) is 31.4 Å². The Bertz CT molecular complexity index is 679. The summed E-state index contributed by atoms with van der Waals surface area (Å²) in [6.07, 6.45) is 2.93. The summed E-state index contributed by atoms with van der Waals surface area (Å²) in [5.74, 6) is -1.13. The lowest BCUT2D eigenvalue weighted by atomic mass is 10.0. The zero-order valence-electron chi connectivity index (χ0n) is 13.3. The molecule has 0 fully saturated rings. The fourth-order valence-electron chi connectivity index (χ4n) is 2.12. The van der Waals surface area contributed by atoms with E-state index in [2.05, 4.69) is 10.6 Å². The highest BCUT2D eigenvalue weighted by molar-refractivity contribution is 7.10. The van der Waals surface area contributed by atoms with Gasteiger partial charge in [0.25, 0.3) is 0 Å². The molecular formula is C16H18N2O5S. The summed E-state index contributed by atoms with van der Waals surface area (Å²) in [5, 5.41) is 6.96. The Hall–Kier alpha value is -2.61. The lowest BCUT2D eigenvalue weighted by Gasteiger charge is -2.26. The first kappa shape index (κ1) is 17.7. The summed E-state index contributed by atoms with van der Waals surface area (Å²) in [4.78, 5) is 36.3. The van der Waals surface area contributed by atoms with Gasteiger partial charge >= 0.3 is 18.0 Å². The first-order chi connectivity index (χ1) is 11.5. The van der Waals surface area contributed by atoms with Crippen LogP contribution in [0.1, 0.15) is 18.7 Å². The molecule has 0 bridgehead atoms. The van der Waals surface area contributed by atoms with E-state index >= 15 is 0 Å². The van der Waals surface area contributed by atoms with E-state index in [0.717, 1.165) is 4.88 Å². The minimum atomic E-state index is -0.570. The number of hydrogen-bond acceptors (Lipinski definition) is 6. The predicted octanol–water partition coefficient (Wildman–Crippen LogP) is 1.82. The van der Waals surface area contributed by atoms with Gasteiger partial charge in [-0.25, -0.2) is 14.4 Å². The fraction of sp³-hybridized carbons (Fsp3) is 0.312. The van der Waals surface area contributed by atoms with Gasteiger partial charge in [-0.2, -0.15) is 0 Å². The number of esters is 2. The van der Waals surface area contributed by atoms with E-state index in [9.17, 15) is 14.4 Å². The standard InChI is InChI=1S/C16H18N2O5S/c1-3-22-15(20)14-10(2)17-16(21)18-12(14)9-23-13(19)7-6-11-5-4-8-24-11/h4-8,10H,3,9H2,1-2H3,(H2,17,18,21)/b7-6+/t10-/m0/s1. The third-order valence-corrected chi connectivity index (χ3v) is 3.99. The summed E-state index contributed by atoms with van der Waals surface area (Å²) in [6, 6.07) is 2.74. The molecular weight excluding hydrogens is 332 g/mol. The summed E-state index contributed by atoms with van der Waals surface area (Å²) in [6.45, 7) is 3.33. The maximum atomic E-state index is 12.0. The molecule has 2 heterocycles. The van der Waals surface area contributed by atoms with Crippen molar-refractivity contribution in [3.8, 4) is 0 Å². The summed E-state index contributed by atoms with van der Waals surface area (Å²) in [7, 11) is 0. The number of ether oxygens (including phenoxy) is 2. The molecule has 0 saturated heterocycles. The molecule has 2 N–H and O–H groups in total. The second kappa shape index (κ2) is 8.30. The molecule has 0 unspecified atom stereocenters. The molecule has 24 heavy (non-hydrogen) atoms. The molecule has 0 spiro atoms. The van der Waals surface area contributed by atoms with Gasteiger partial charge in [0.1, 0.15) is 6.61 Å². The monoisotopic (exact) mass is 350 g/mol. The number of rotatable bonds is 6. The van der Waals surface area contributed by atoms with Crippen molar-refractivity contribution in [2.45, 2.75) is 19.9 Å². The number of nitrogens with one attached hydrogen (secondary N) is 2. The Labute approximate surface area is 143 Å². The molecule has 1 aromatic heterocycles. The minimum Gasteiger partial charge on any atom is -0.463 e. The van der Waals surface area contributed by atoms with Gasteiger partial charge < -0.3 is 20.1 Å². The second-order valence-corrected chi connectivity index (χ2v) is 5.87. The first-order valence-electron chi connectivity index (χ1n) is 7.37. The highest BCUT2D eigenvalue weighted by Gasteiger charge is 2.30. The Kier molecular flexibility index (Phi) is 6.14.